The molecule has 2 heterocycles. The first kappa shape index (κ1) is 18.9. The molecule has 0 spiro atoms. The minimum Gasteiger partial charge on any atom is -0.357 e. The summed E-state index contributed by atoms with van der Waals surface area (Å²) < 4.78 is 0.355. The molecule has 1 unspecified atom stereocenters. The van der Waals surface area contributed by atoms with Crippen molar-refractivity contribution in [2.24, 2.45) is 10.9 Å². The molecule has 0 aromatic heterocycles. The quantitative estimate of drug-likeness (QED) is 0.552. The number of nitrogens with zero attached hydrogens (tertiary/aromatic N) is 2. The van der Waals surface area contributed by atoms with Crippen LogP contribution in [-0.4, -0.2) is 60.6 Å². The van der Waals surface area contributed by atoms with Gasteiger partial charge in [0.15, 0.2) is 5.96 Å². The number of guanidine groups is 1. The predicted octanol–water partition coefficient (Wildman–Crippen LogP) is 2.95. The van der Waals surface area contributed by atoms with E-state index >= 15 is 0 Å². The number of hydrogen-bond donors (Lipinski definition) is 2. The summed E-state index contributed by atoms with van der Waals surface area (Å²) in [5, 5.41) is 7.00. The molecule has 0 aromatic carbocycles. The van der Waals surface area contributed by atoms with Gasteiger partial charge in [-0.05, 0) is 77.3 Å². The molecule has 2 fully saturated rings. The third-order valence-electron chi connectivity index (χ3n) is 5.02. The highest BCUT2D eigenvalue weighted by atomic mass is 32.2. The molecule has 2 aliphatic rings. The van der Waals surface area contributed by atoms with Gasteiger partial charge in [0, 0.05) is 17.8 Å². The fraction of sp³-hybridized carbons (Fsp3) is 0.944. The highest BCUT2D eigenvalue weighted by Crippen LogP contribution is 2.37. The Kier molecular flexibility index (Phi) is 8.04. The van der Waals surface area contributed by atoms with Crippen LogP contribution in [0.4, 0.5) is 0 Å². The Morgan fingerprint density at radius 1 is 1.26 bits per heavy atom. The van der Waals surface area contributed by atoms with E-state index in [4.69, 9.17) is 4.99 Å². The van der Waals surface area contributed by atoms with Crippen molar-refractivity contribution in [1.29, 1.82) is 0 Å². The lowest BCUT2D eigenvalue weighted by Gasteiger charge is -2.32. The summed E-state index contributed by atoms with van der Waals surface area (Å²) in [5.41, 5.74) is 0. The zero-order valence-corrected chi connectivity index (χ0v) is 16.2. The summed E-state index contributed by atoms with van der Waals surface area (Å²) >= 11 is 2.09. The van der Waals surface area contributed by atoms with Gasteiger partial charge in [0.1, 0.15) is 0 Å². The van der Waals surface area contributed by atoms with Crippen LogP contribution in [0.2, 0.25) is 0 Å². The number of thioether (sulfide) groups is 1. The second kappa shape index (κ2) is 9.77. The first-order chi connectivity index (χ1) is 11.1. The van der Waals surface area contributed by atoms with Gasteiger partial charge in [0.25, 0.3) is 0 Å². The lowest BCUT2D eigenvalue weighted by atomic mass is 9.97. The third-order valence-corrected chi connectivity index (χ3v) is 6.54. The van der Waals surface area contributed by atoms with E-state index < -0.39 is 0 Å². The predicted molar refractivity (Wildman–Crippen MR) is 104 cm³/mol. The van der Waals surface area contributed by atoms with Crippen molar-refractivity contribution < 1.29 is 0 Å². The molecule has 134 valence electrons. The topological polar surface area (TPSA) is 39.7 Å². The fourth-order valence-corrected chi connectivity index (χ4v) is 4.75. The average molecular weight is 341 g/mol. The van der Waals surface area contributed by atoms with E-state index in [1.54, 1.807) is 0 Å². The van der Waals surface area contributed by atoms with Gasteiger partial charge in [-0.15, -0.1) is 0 Å². The maximum absolute atomic E-state index is 4.86. The van der Waals surface area contributed by atoms with E-state index in [0.717, 1.165) is 31.5 Å². The summed E-state index contributed by atoms with van der Waals surface area (Å²) in [4.78, 5) is 7.46. The summed E-state index contributed by atoms with van der Waals surface area (Å²) in [6.07, 6.45) is 6.56. The fourth-order valence-electron chi connectivity index (χ4n) is 3.52. The number of hydrogen-bond acceptors (Lipinski definition) is 3. The number of piperidine rings is 1. The van der Waals surface area contributed by atoms with Gasteiger partial charge in [-0.25, -0.2) is 0 Å². The highest BCUT2D eigenvalue weighted by Gasteiger charge is 2.29. The van der Waals surface area contributed by atoms with Gasteiger partial charge < -0.3 is 15.5 Å². The molecular weight excluding hydrogens is 304 g/mol. The van der Waals surface area contributed by atoms with E-state index in [-0.39, 0.29) is 0 Å². The summed E-state index contributed by atoms with van der Waals surface area (Å²) in [7, 11) is 0. The van der Waals surface area contributed by atoms with Crippen LogP contribution in [0.5, 0.6) is 0 Å². The molecule has 2 rings (SSSR count). The van der Waals surface area contributed by atoms with Crippen molar-refractivity contribution in [1.82, 2.24) is 15.5 Å². The molecule has 1 atom stereocenters. The molecule has 0 radical (unpaired) electrons. The molecule has 4 nitrogen and oxygen atoms in total. The van der Waals surface area contributed by atoms with Crippen molar-refractivity contribution >= 4 is 17.7 Å². The zero-order valence-electron chi connectivity index (χ0n) is 15.4. The Bertz CT molecular complexity index is 358. The number of aliphatic imine (C=N–C) groups is 1. The smallest absolute Gasteiger partial charge is 0.191 e. The molecule has 0 saturated carbocycles. The van der Waals surface area contributed by atoms with Gasteiger partial charge in [0.2, 0.25) is 0 Å². The first-order valence-corrected chi connectivity index (χ1v) is 10.5. The summed E-state index contributed by atoms with van der Waals surface area (Å²) in [6.45, 7) is 13.5. The highest BCUT2D eigenvalue weighted by molar-refractivity contribution is 8.00. The van der Waals surface area contributed by atoms with Crippen LogP contribution in [0.3, 0.4) is 0 Å². The SMILES string of the molecule is CCCN1CCC(CNC(=NCC2(C)CCCS2)NCC)CC1. The van der Waals surface area contributed by atoms with Crippen molar-refractivity contribution in [3.8, 4) is 0 Å². The van der Waals surface area contributed by atoms with Gasteiger partial charge in [-0.3, -0.25) is 4.99 Å². The zero-order chi connectivity index (χ0) is 16.5. The van der Waals surface area contributed by atoms with Crippen molar-refractivity contribution in [2.75, 3.05) is 45.0 Å². The maximum atomic E-state index is 4.86. The number of likely N-dealkylation sites (tertiary alicyclic amines) is 1. The van der Waals surface area contributed by atoms with Crippen LogP contribution in [-0.2, 0) is 0 Å². The van der Waals surface area contributed by atoms with Crippen molar-refractivity contribution in [2.45, 2.75) is 57.6 Å². The Labute approximate surface area is 147 Å². The van der Waals surface area contributed by atoms with E-state index in [1.807, 2.05) is 0 Å². The lowest BCUT2D eigenvalue weighted by Crippen LogP contribution is -2.43. The van der Waals surface area contributed by atoms with Crippen LogP contribution >= 0.6 is 11.8 Å². The first-order valence-electron chi connectivity index (χ1n) is 9.53. The third kappa shape index (κ3) is 6.54. The molecule has 2 aliphatic heterocycles. The minimum absolute atomic E-state index is 0.355. The molecule has 5 heteroatoms. The Hall–Kier alpha value is -0.420. The molecule has 0 aromatic rings. The monoisotopic (exact) mass is 340 g/mol. The van der Waals surface area contributed by atoms with E-state index in [1.165, 1.54) is 57.5 Å². The molecule has 0 aliphatic carbocycles. The lowest BCUT2D eigenvalue weighted by molar-refractivity contribution is 0.185. The van der Waals surface area contributed by atoms with Crippen molar-refractivity contribution in [3.63, 3.8) is 0 Å². The van der Waals surface area contributed by atoms with Crippen LogP contribution in [0.15, 0.2) is 4.99 Å². The van der Waals surface area contributed by atoms with Gasteiger partial charge in [0.05, 0.1) is 6.54 Å². The molecule has 0 bridgehead atoms. The molecule has 23 heavy (non-hydrogen) atoms. The van der Waals surface area contributed by atoms with Crippen LogP contribution in [0.1, 0.15) is 52.9 Å². The second-order valence-electron chi connectivity index (χ2n) is 7.26. The second-order valence-corrected chi connectivity index (χ2v) is 8.95. The van der Waals surface area contributed by atoms with Crippen molar-refractivity contribution in [3.05, 3.63) is 0 Å². The Balaban J connectivity index is 1.74. The average Bonchev–Trinajstić information content (AvgIpc) is 2.99. The normalized spacial score (nSPS) is 27.3. The summed E-state index contributed by atoms with van der Waals surface area (Å²) in [6, 6.07) is 0. The van der Waals surface area contributed by atoms with E-state index in [0.29, 0.717) is 4.75 Å². The van der Waals surface area contributed by atoms with Gasteiger partial charge in [-0.1, -0.05) is 6.92 Å². The number of rotatable bonds is 7. The maximum Gasteiger partial charge on any atom is 0.191 e. The van der Waals surface area contributed by atoms with Gasteiger partial charge >= 0.3 is 0 Å². The molecular formula is C18H36N4S. The molecule has 0 amide bonds. The standard InChI is InChI=1S/C18H36N4S/c1-4-10-22-11-7-16(8-12-22)14-20-17(19-5-2)21-15-18(3)9-6-13-23-18/h16H,4-15H2,1-3H3,(H2,19,20,21). The van der Waals surface area contributed by atoms with E-state index in [2.05, 4.69) is 48.1 Å². The largest absolute Gasteiger partial charge is 0.357 e. The van der Waals surface area contributed by atoms with Crippen LogP contribution in [0.25, 0.3) is 0 Å². The Morgan fingerprint density at radius 3 is 2.65 bits per heavy atom. The Morgan fingerprint density at radius 2 is 2.04 bits per heavy atom. The van der Waals surface area contributed by atoms with E-state index in [9.17, 15) is 0 Å². The van der Waals surface area contributed by atoms with Crippen LogP contribution in [0, 0.1) is 5.92 Å². The van der Waals surface area contributed by atoms with Gasteiger partial charge in [-0.2, -0.15) is 11.8 Å². The summed E-state index contributed by atoms with van der Waals surface area (Å²) in [5.74, 6) is 3.10. The number of nitrogens with one attached hydrogen (secondary N) is 2. The minimum atomic E-state index is 0.355. The van der Waals surface area contributed by atoms with Crippen LogP contribution < -0.4 is 10.6 Å². The molecule has 2 N–H and O–H groups in total. The molecule has 2 saturated heterocycles.